The molecule has 12 heavy (non-hydrogen) atoms. The highest BCUT2D eigenvalue weighted by atomic mass is 16.5. The molecule has 2 rings (SSSR count). The quantitative estimate of drug-likeness (QED) is 0.579. The zero-order valence-corrected chi connectivity index (χ0v) is 7.29. The van der Waals surface area contributed by atoms with E-state index in [1.807, 2.05) is 6.92 Å². The molecule has 0 bridgehead atoms. The van der Waals surface area contributed by atoms with E-state index in [-0.39, 0.29) is 18.0 Å². The first-order valence-corrected chi connectivity index (χ1v) is 4.63. The van der Waals surface area contributed by atoms with Crippen molar-refractivity contribution in [3.63, 3.8) is 0 Å². The maximum absolute atomic E-state index is 11.3. The van der Waals surface area contributed by atoms with Crippen molar-refractivity contribution < 1.29 is 14.3 Å². The number of esters is 1. The van der Waals surface area contributed by atoms with Crippen LogP contribution in [-0.4, -0.2) is 25.3 Å². The molecule has 0 N–H and O–H groups in total. The van der Waals surface area contributed by atoms with E-state index in [2.05, 4.69) is 0 Å². The Morgan fingerprint density at radius 2 is 2.50 bits per heavy atom. The van der Waals surface area contributed by atoms with Gasteiger partial charge in [-0.05, 0) is 19.8 Å². The van der Waals surface area contributed by atoms with Crippen molar-refractivity contribution in [2.45, 2.75) is 25.9 Å². The standard InChI is InChI=1S/C9H14O3/c1-2-11-9(10)7-6-4-3-5-12-8(6)7/h6-8H,2-5H2,1H3/t6-,7+,8+/m0/s1. The monoisotopic (exact) mass is 170 g/mol. The van der Waals surface area contributed by atoms with E-state index in [0.29, 0.717) is 12.5 Å². The van der Waals surface area contributed by atoms with Crippen LogP contribution < -0.4 is 0 Å². The lowest BCUT2D eigenvalue weighted by molar-refractivity contribution is -0.145. The Morgan fingerprint density at radius 1 is 1.67 bits per heavy atom. The summed E-state index contributed by atoms with van der Waals surface area (Å²) in [6, 6.07) is 0. The SMILES string of the molecule is CCOC(=O)[C@@H]1[C@@H]2CCCO[C@H]21. The van der Waals surface area contributed by atoms with Gasteiger partial charge in [0.05, 0.1) is 18.6 Å². The summed E-state index contributed by atoms with van der Waals surface area (Å²) >= 11 is 0. The summed E-state index contributed by atoms with van der Waals surface area (Å²) in [7, 11) is 0. The van der Waals surface area contributed by atoms with Gasteiger partial charge in [-0.2, -0.15) is 0 Å². The van der Waals surface area contributed by atoms with Gasteiger partial charge in [-0.25, -0.2) is 0 Å². The molecule has 0 unspecified atom stereocenters. The molecule has 1 aliphatic carbocycles. The first-order chi connectivity index (χ1) is 5.84. The van der Waals surface area contributed by atoms with Crippen LogP contribution in [0.4, 0.5) is 0 Å². The average Bonchev–Trinajstić information content (AvgIpc) is 2.78. The fourth-order valence-corrected chi connectivity index (χ4v) is 2.00. The van der Waals surface area contributed by atoms with Gasteiger partial charge in [0.15, 0.2) is 0 Å². The van der Waals surface area contributed by atoms with Gasteiger partial charge in [-0.3, -0.25) is 4.79 Å². The van der Waals surface area contributed by atoms with Gasteiger partial charge in [-0.1, -0.05) is 0 Å². The molecule has 1 saturated carbocycles. The molecule has 2 aliphatic rings. The van der Waals surface area contributed by atoms with Crippen LogP contribution in [-0.2, 0) is 14.3 Å². The molecule has 1 saturated heterocycles. The molecule has 0 radical (unpaired) electrons. The molecule has 3 heteroatoms. The van der Waals surface area contributed by atoms with Crippen molar-refractivity contribution in [2.24, 2.45) is 11.8 Å². The van der Waals surface area contributed by atoms with E-state index in [0.717, 1.165) is 19.4 Å². The minimum absolute atomic E-state index is 0.0607. The minimum Gasteiger partial charge on any atom is -0.466 e. The topological polar surface area (TPSA) is 35.5 Å². The number of hydrogen-bond acceptors (Lipinski definition) is 3. The number of carbonyl (C=O) groups is 1. The summed E-state index contributed by atoms with van der Waals surface area (Å²) in [5, 5.41) is 0. The average molecular weight is 170 g/mol. The number of hydrogen-bond donors (Lipinski definition) is 0. The maximum Gasteiger partial charge on any atom is 0.311 e. The molecule has 0 aromatic carbocycles. The van der Waals surface area contributed by atoms with Crippen LogP contribution in [0, 0.1) is 11.8 Å². The highest BCUT2D eigenvalue weighted by Gasteiger charge is 2.57. The van der Waals surface area contributed by atoms with Crippen LogP contribution in [0.5, 0.6) is 0 Å². The zero-order valence-electron chi connectivity index (χ0n) is 7.29. The van der Waals surface area contributed by atoms with Crippen LogP contribution in [0.2, 0.25) is 0 Å². The summed E-state index contributed by atoms with van der Waals surface area (Å²) in [4.78, 5) is 11.3. The molecule has 68 valence electrons. The van der Waals surface area contributed by atoms with E-state index < -0.39 is 0 Å². The second-order valence-corrected chi connectivity index (χ2v) is 3.42. The summed E-state index contributed by atoms with van der Waals surface area (Å²) in [6.07, 6.45) is 2.42. The van der Waals surface area contributed by atoms with E-state index in [1.54, 1.807) is 0 Å². The summed E-state index contributed by atoms with van der Waals surface area (Å²) in [5.41, 5.74) is 0. The highest BCUT2D eigenvalue weighted by Crippen LogP contribution is 2.48. The van der Waals surface area contributed by atoms with Gasteiger partial charge in [0, 0.05) is 12.5 Å². The zero-order chi connectivity index (χ0) is 8.55. The Kier molecular flexibility index (Phi) is 2.05. The van der Waals surface area contributed by atoms with Crippen LogP contribution in [0.1, 0.15) is 19.8 Å². The molecule has 0 amide bonds. The summed E-state index contributed by atoms with van der Waals surface area (Å²) < 4.78 is 10.4. The Labute approximate surface area is 72.0 Å². The third-order valence-electron chi connectivity index (χ3n) is 2.65. The van der Waals surface area contributed by atoms with Crippen molar-refractivity contribution >= 4 is 5.97 Å². The second-order valence-electron chi connectivity index (χ2n) is 3.42. The Hall–Kier alpha value is -0.570. The molecule has 0 aromatic rings. The van der Waals surface area contributed by atoms with Crippen LogP contribution >= 0.6 is 0 Å². The van der Waals surface area contributed by atoms with E-state index >= 15 is 0 Å². The lowest BCUT2D eigenvalue weighted by atomic mass is 10.2. The van der Waals surface area contributed by atoms with Gasteiger partial charge in [0.25, 0.3) is 0 Å². The normalized spacial score (nSPS) is 38.6. The molecular weight excluding hydrogens is 156 g/mol. The molecule has 1 heterocycles. The predicted octanol–water partition coefficient (Wildman–Crippen LogP) is 0.974. The Balaban J connectivity index is 1.87. The summed E-state index contributed by atoms with van der Waals surface area (Å²) in [5.74, 6) is 0.472. The van der Waals surface area contributed by atoms with Crippen LogP contribution in [0.3, 0.4) is 0 Å². The predicted molar refractivity (Wildman–Crippen MR) is 42.6 cm³/mol. The first kappa shape index (κ1) is 8.05. The number of ether oxygens (including phenoxy) is 2. The molecular formula is C9H14O3. The van der Waals surface area contributed by atoms with Crippen molar-refractivity contribution in [1.82, 2.24) is 0 Å². The largest absolute Gasteiger partial charge is 0.466 e. The van der Waals surface area contributed by atoms with Crippen molar-refractivity contribution in [1.29, 1.82) is 0 Å². The Morgan fingerprint density at radius 3 is 3.08 bits per heavy atom. The lowest BCUT2D eigenvalue weighted by Crippen LogP contribution is -2.10. The molecule has 0 spiro atoms. The molecule has 3 nitrogen and oxygen atoms in total. The fourth-order valence-electron chi connectivity index (χ4n) is 2.00. The van der Waals surface area contributed by atoms with Gasteiger partial charge < -0.3 is 9.47 Å². The van der Waals surface area contributed by atoms with Crippen molar-refractivity contribution in [3.05, 3.63) is 0 Å². The summed E-state index contributed by atoms with van der Waals surface area (Å²) in [6.45, 7) is 3.14. The van der Waals surface area contributed by atoms with Crippen molar-refractivity contribution in [2.75, 3.05) is 13.2 Å². The molecule has 0 aromatic heterocycles. The molecule has 3 atom stereocenters. The van der Waals surface area contributed by atoms with Gasteiger partial charge in [0.1, 0.15) is 0 Å². The third-order valence-corrected chi connectivity index (χ3v) is 2.65. The van der Waals surface area contributed by atoms with E-state index in [9.17, 15) is 4.79 Å². The van der Waals surface area contributed by atoms with Crippen LogP contribution in [0.25, 0.3) is 0 Å². The molecule has 2 fully saturated rings. The van der Waals surface area contributed by atoms with Gasteiger partial charge in [-0.15, -0.1) is 0 Å². The minimum atomic E-state index is -0.0607. The maximum atomic E-state index is 11.3. The number of carbonyl (C=O) groups excluding carboxylic acids is 1. The van der Waals surface area contributed by atoms with Gasteiger partial charge >= 0.3 is 5.97 Å². The Bertz CT molecular complexity index is 178. The van der Waals surface area contributed by atoms with Crippen molar-refractivity contribution in [3.8, 4) is 0 Å². The first-order valence-electron chi connectivity index (χ1n) is 4.63. The second kappa shape index (κ2) is 3.05. The third kappa shape index (κ3) is 1.22. The lowest BCUT2D eigenvalue weighted by Gasteiger charge is -2.07. The molecule has 1 aliphatic heterocycles. The van der Waals surface area contributed by atoms with Crippen LogP contribution in [0.15, 0.2) is 0 Å². The number of rotatable bonds is 2. The highest BCUT2D eigenvalue weighted by molar-refractivity contribution is 5.77. The van der Waals surface area contributed by atoms with E-state index in [4.69, 9.17) is 9.47 Å². The smallest absolute Gasteiger partial charge is 0.311 e. The fraction of sp³-hybridized carbons (Fsp3) is 0.889. The number of fused-ring (bicyclic) bond motifs is 1. The van der Waals surface area contributed by atoms with Gasteiger partial charge in [0.2, 0.25) is 0 Å². The van der Waals surface area contributed by atoms with E-state index in [1.165, 1.54) is 0 Å².